The van der Waals surface area contributed by atoms with Gasteiger partial charge in [0, 0.05) is 9.85 Å². The SMILES string of the molecule is CC(C[N+](=O)[O-])OC(C)C[N+](=O)[O-]. The van der Waals surface area contributed by atoms with E-state index in [0.29, 0.717) is 0 Å². The third kappa shape index (κ3) is 7.13. The zero-order chi connectivity index (χ0) is 10.4. The summed E-state index contributed by atoms with van der Waals surface area (Å²) in [5, 5.41) is 20.0. The van der Waals surface area contributed by atoms with Crippen molar-refractivity contribution >= 4 is 0 Å². The first-order valence-electron chi connectivity index (χ1n) is 3.81. The molecule has 0 saturated carbocycles. The highest BCUT2D eigenvalue weighted by molar-refractivity contribution is 4.52. The van der Waals surface area contributed by atoms with Crippen LogP contribution in [0.3, 0.4) is 0 Å². The highest BCUT2D eigenvalue weighted by Crippen LogP contribution is 1.98. The summed E-state index contributed by atoms with van der Waals surface area (Å²) in [5.74, 6) is 0. The lowest BCUT2D eigenvalue weighted by Gasteiger charge is -2.12. The van der Waals surface area contributed by atoms with Crippen LogP contribution < -0.4 is 0 Å². The summed E-state index contributed by atoms with van der Waals surface area (Å²) in [6, 6.07) is 0. The minimum atomic E-state index is -0.593. The minimum absolute atomic E-state index is 0.331. The van der Waals surface area contributed by atoms with Gasteiger partial charge in [-0.2, -0.15) is 0 Å². The maximum absolute atomic E-state index is 10.0. The second-order valence-electron chi connectivity index (χ2n) is 2.79. The molecule has 13 heavy (non-hydrogen) atoms. The predicted octanol–water partition coefficient (Wildman–Crippen LogP) is 0.333. The topological polar surface area (TPSA) is 95.5 Å². The number of hydrogen-bond acceptors (Lipinski definition) is 5. The van der Waals surface area contributed by atoms with E-state index in [0.717, 1.165) is 0 Å². The van der Waals surface area contributed by atoms with Crippen molar-refractivity contribution in [2.75, 3.05) is 13.1 Å². The fraction of sp³-hybridized carbons (Fsp3) is 1.00. The lowest BCUT2D eigenvalue weighted by molar-refractivity contribution is -0.504. The Hall–Kier alpha value is -1.24. The highest BCUT2D eigenvalue weighted by atomic mass is 16.6. The van der Waals surface area contributed by atoms with Crippen LogP contribution in [0.5, 0.6) is 0 Å². The summed E-state index contributed by atoms with van der Waals surface area (Å²) >= 11 is 0. The molecule has 7 nitrogen and oxygen atoms in total. The van der Waals surface area contributed by atoms with E-state index in [1.807, 2.05) is 0 Å². The van der Waals surface area contributed by atoms with Gasteiger partial charge in [-0.25, -0.2) is 0 Å². The van der Waals surface area contributed by atoms with Gasteiger partial charge in [-0.05, 0) is 13.8 Å². The second kappa shape index (κ2) is 5.41. The van der Waals surface area contributed by atoms with Gasteiger partial charge in [-0.15, -0.1) is 0 Å². The third-order valence-electron chi connectivity index (χ3n) is 1.28. The molecule has 0 rings (SSSR count). The summed E-state index contributed by atoms with van der Waals surface area (Å²) < 4.78 is 4.99. The maximum atomic E-state index is 10.0. The number of nitrogens with zero attached hydrogens (tertiary/aromatic N) is 2. The van der Waals surface area contributed by atoms with Gasteiger partial charge >= 0.3 is 0 Å². The van der Waals surface area contributed by atoms with Crippen LogP contribution in [0.1, 0.15) is 13.8 Å². The minimum Gasteiger partial charge on any atom is -0.362 e. The Morgan fingerprint density at radius 2 is 1.38 bits per heavy atom. The Morgan fingerprint density at radius 1 is 1.08 bits per heavy atom. The van der Waals surface area contributed by atoms with Gasteiger partial charge in [0.15, 0.2) is 0 Å². The van der Waals surface area contributed by atoms with Gasteiger partial charge in [0.1, 0.15) is 12.2 Å². The monoisotopic (exact) mass is 192 g/mol. The first-order valence-corrected chi connectivity index (χ1v) is 3.81. The average molecular weight is 192 g/mol. The van der Waals surface area contributed by atoms with E-state index in [1.54, 1.807) is 0 Å². The summed E-state index contributed by atoms with van der Waals surface area (Å²) in [7, 11) is 0. The van der Waals surface area contributed by atoms with Crippen molar-refractivity contribution < 1.29 is 14.6 Å². The molecular formula is C6H12N2O5. The lowest BCUT2D eigenvalue weighted by Crippen LogP contribution is -2.28. The molecule has 0 radical (unpaired) electrons. The standard InChI is InChI=1S/C6H12N2O5/c1-5(3-7(9)10)13-6(2)4-8(11)12/h5-6H,3-4H2,1-2H3. The van der Waals surface area contributed by atoms with Crippen molar-refractivity contribution in [1.29, 1.82) is 0 Å². The molecule has 0 aromatic heterocycles. The zero-order valence-corrected chi connectivity index (χ0v) is 7.50. The van der Waals surface area contributed by atoms with Crippen molar-refractivity contribution in [3.05, 3.63) is 20.2 Å². The van der Waals surface area contributed by atoms with Gasteiger partial charge < -0.3 is 4.74 Å². The van der Waals surface area contributed by atoms with Crippen LogP contribution in [0.15, 0.2) is 0 Å². The molecule has 0 aromatic rings. The molecule has 0 saturated heterocycles. The molecule has 0 heterocycles. The Kier molecular flexibility index (Phi) is 4.90. The second-order valence-corrected chi connectivity index (χ2v) is 2.79. The summed E-state index contributed by atoms with van der Waals surface area (Å²) in [6.07, 6.45) is -1.19. The number of nitro groups is 2. The van der Waals surface area contributed by atoms with Gasteiger partial charge in [-0.1, -0.05) is 0 Å². The van der Waals surface area contributed by atoms with E-state index < -0.39 is 22.1 Å². The Bertz CT molecular complexity index is 175. The van der Waals surface area contributed by atoms with Crippen LogP contribution >= 0.6 is 0 Å². The number of rotatable bonds is 6. The Labute approximate surface area is 75.0 Å². The van der Waals surface area contributed by atoms with Crippen molar-refractivity contribution in [2.24, 2.45) is 0 Å². The zero-order valence-electron chi connectivity index (χ0n) is 7.50. The maximum Gasteiger partial charge on any atom is 0.229 e. The summed E-state index contributed by atoms with van der Waals surface area (Å²) in [6.45, 7) is 2.36. The molecule has 7 heteroatoms. The van der Waals surface area contributed by atoms with Crippen molar-refractivity contribution in [1.82, 2.24) is 0 Å². The molecule has 0 N–H and O–H groups in total. The van der Waals surface area contributed by atoms with Crippen LogP contribution in [0, 0.1) is 20.2 Å². The van der Waals surface area contributed by atoms with Gasteiger partial charge in [0.05, 0.1) is 0 Å². The first kappa shape index (κ1) is 11.8. The van der Waals surface area contributed by atoms with E-state index >= 15 is 0 Å². The molecule has 0 fully saturated rings. The van der Waals surface area contributed by atoms with Crippen LogP contribution in [-0.2, 0) is 4.74 Å². The first-order chi connectivity index (χ1) is 5.91. The molecule has 2 unspecified atom stereocenters. The largest absolute Gasteiger partial charge is 0.362 e. The molecule has 2 atom stereocenters. The van der Waals surface area contributed by atoms with E-state index in [-0.39, 0.29) is 13.1 Å². The molecule has 0 aliphatic carbocycles. The molecule has 76 valence electrons. The quantitative estimate of drug-likeness (QED) is 0.446. The molecule has 0 amide bonds. The van der Waals surface area contributed by atoms with E-state index in [2.05, 4.69) is 0 Å². The average Bonchev–Trinajstić information content (AvgIpc) is 1.80. The van der Waals surface area contributed by atoms with Crippen molar-refractivity contribution in [2.45, 2.75) is 26.1 Å². The highest BCUT2D eigenvalue weighted by Gasteiger charge is 2.16. The predicted molar refractivity (Wildman–Crippen MR) is 43.7 cm³/mol. The van der Waals surface area contributed by atoms with Gasteiger partial charge in [0.2, 0.25) is 13.1 Å². The van der Waals surface area contributed by atoms with E-state index in [4.69, 9.17) is 4.74 Å². The van der Waals surface area contributed by atoms with Crippen molar-refractivity contribution in [3.63, 3.8) is 0 Å². The van der Waals surface area contributed by atoms with Gasteiger partial charge in [0.25, 0.3) is 0 Å². The van der Waals surface area contributed by atoms with Crippen LogP contribution in [0.4, 0.5) is 0 Å². The Morgan fingerprint density at radius 3 is 1.62 bits per heavy atom. The van der Waals surface area contributed by atoms with Crippen LogP contribution in [-0.4, -0.2) is 35.1 Å². The molecule has 0 spiro atoms. The van der Waals surface area contributed by atoms with Crippen molar-refractivity contribution in [3.8, 4) is 0 Å². The molecule has 0 aliphatic heterocycles. The number of hydrogen-bond donors (Lipinski definition) is 0. The van der Waals surface area contributed by atoms with E-state index in [1.165, 1.54) is 13.8 Å². The molecule has 0 aliphatic rings. The van der Waals surface area contributed by atoms with E-state index in [9.17, 15) is 20.2 Å². The number of ether oxygens (including phenoxy) is 1. The van der Waals surface area contributed by atoms with Crippen LogP contribution in [0.25, 0.3) is 0 Å². The fourth-order valence-corrected chi connectivity index (χ4v) is 0.902. The normalized spacial score (nSPS) is 14.9. The van der Waals surface area contributed by atoms with Gasteiger partial charge in [-0.3, -0.25) is 20.2 Å². The molecule has 0 bridgehead atoms. The lowest BCUT2D eigenvalue weighted by atomic mass is 10.3. The Balaban J connectivity index is 3.70. The molecule has 0 aromatic carbocycles. The van der Waals surface area contributed by atoms with Crippen LogP contribution in [0.2, 0.25) is 0 Å². The summed E-state index contributed by atoms with van der Waals surface area (Å²) in [5.41, 5.74) is 0. The fourth-order valence-electron chi connectivity index (χ4n) is 0.902. The molecular weight excluding hydrogens is 180 g/mol. The smallest absolute Gasteiger partial charge is 0.229 e. The summed E-state index contributed by atoms with van der Waals surface area (Å²) in [4.78, 5) is 19.0. The third-order valence-corrected chi connectivity index (χ3v) is 1.28.